The molecule has 3 nitrogen and oxygen atoms in total. The second-order valence-corrected chi connectivity index (χ2v) is 1.55. The van der Waals surface area contributed by atoms with E-state index in [1.807, 2.05) is 0 Å². The average molecular weight is 234 g/mol. The maximum absolute atomic E-state index is 8.60. The van der Waals surface area contributed by atoms with Gasteiger partial charge in [0.1, 0.15) is 0 Å². The molecule has 0 N–H and O–H groups in total. The predicted molar refractivity (Wildman–Crippen MR) is 2.06 cm³/mol. The van der Waals surface area contributed by atoms with E-state index in [9.17, 15) is 0 Å². The summed E-state index contributed by atoms with van der Waals surface area (Å²) in [6, 6.07) is 0. The van der Waals surface area contributed by atoms with Crippen LogP contribution < -0.4 is 0 Å². The van der Waals surface area contributed by atoms with E-state index < -0.39 is 16.6 Å². The molecule has 0 fully saturated rings. The summed E-state index contributed by atoms with van der Waals surface area (Å²) in [5, 5.41) is 0. The zero-order valence-electron chi connectivity index (χ0n) is 1.60. The van der Waals surface area contributed by atoms with Crippen molar-refractivity contribution in [1.82, 2.24) is 0 Å². The first-order valence-electron chi connectivity index (χ1n) is 0.463. The zero-order chi connectivity index (χ0) is 3.58. The first kappa shape index (κ1) is 4.06. The maximum atomic E-state index is 8.60. The Kier molecular flexibility index (Phi) is 1.41. The van der Waals surface area contributed by atoms with Gasteiger partial charge < -0.3 is 0 Å². The monoisotopic (exact) mass is 235 g/mol. The van der Waals surface area contributed by atoms with Crippen molar-refractivity contribution >= 4 is 0 Å². The van der Waals surface area contributed by atoms with Gasteiger partial charge in [0.2, 0.25) is 0 Å². The van der Waals surface area contributed by atoms with Crippen LogP contribution in [0.1, 0.15) is 0 Å². The van der Waals surface area contributed by atoms with Crippen LogP contribution in [0.2, 0.25) is 0 Å². The van der Waals surface area contributed by atoms with E-state index in [1.54, 1.807) is 0 Å². The van der Waals surface area contributed by atoms with Gasteiger partial charge in [-0.25, -0.2) is 0 Å². The summed E-state index contributed by atoms with van der Waals surface area (Å²) in [6.07, 6.45) is 0. The Hall–Kier alpha value is 0.0623. The molecule has 0 aliphatic heterocycles. The normalized spacial score (nSPS) is 6.00. The van der Waals surface area contributed by atoms with Crippen LogP contribution in [-0.2, 0) is 27.0 Å². The summed E-state index contributed by atoms with van der Waals surface area (Å²) in [5.74, 6) is 0. The van der Waals surface area contributed by atoms with Crippen molar-refractivity contribution in [2.75, 3.05) is 0 Å². The van der Waals surface area contributed by atoms with Crippen LogP contribution in [0.3, 0.4) is 0 Å². The molecule has 0 unspecified atom stereocenters. The number of rotatable bonds is 0. The van der Waals surface area contributed by atoms with E-state index in [2.05, 4.69) is 0 Å². The molecule has 0 aromatic rings. The Morgan fingerprint density at radius 3 is 1.00 bits per heavy atom. The quantitative estimate of drug-likeness (QED) is 0.575. The van der Waals surface area contributed by atoms with Gasteiger partial charge in [0.15, 0.2) is 0 Å². The Bertz CT molecular complexity index is 72.7. The molecule has 0 saturated carbocycles. The molecule has 4 heavy (non-hydrogen) atoms. The molecule has 0 amide bonds. The molecule has 0 rings (SSSR count). The van der Waals surface area contributed by atoms with Crippen molar-refractivity contribution < 1.29 is 27.0 Å². The van der Waals surface area contributed by atoms with Crippen LogP contribution in [0.25, 0.3) is 0 Å². The van der Waals surface area contributed by atoms with Gasteiger partial charge in [0.05, 0.1) is 0 Å². The van der Waals surface area contributed by atoms with Crippen molar-refractivity contribution in [2.45, 2.75) is 0 Å². The van der Waals surface area contributed by atoms with Gasteiger partial charge in [0.25, 0.3) is 0 Å². The summed E-state index contributed by atoms with van der Waals surface area (Å²) < 4.78 is 25.8. The molecule has 25 valence electrons. The predicted octanol–water partition coefficient (Wildman–Crippen LogP) is -0.359. The van der Waals surface area contributed by atoms with Crippen LogP contribution in [0.4, 0.5) is 0 Å². The van der Waals surface area contributed by atoms with E-state index >= 15 is 0 Å². The second-order valence-electron chi connectivity index (χ2n) is 0.189. The molecule has 0 aromatic carbocycles. The van der Waals surface area contributed by atoms with E-state index in [0.717, 1.165) is 0 Å². The first-order valence-corrected chi connectivity index (χ1v) is 3.79. The summed E-state index contributed by atoms with van der Waals surface area (Å²) in [5.41, 5.74) is 0. The zero-order valence-corrected chi connectivity index (χ0v) is 4.32. The average Bonchev–Trinajstić information content (AvgIpc) is 0.811. The van der Waals surface area contributed by atoms with E-state index in [1.165, 1.54) is 0 Å². The molecule has 0 saturated heterocycles. The van der Waals surface area contributed by atoms with Crippen molar-refractivity contribution in [3.8, 4) is 0 Å². The second kappa shape index (κ2) is 1.39. The van der Waals surface area contributed by atoms with Gasteiger partial charge in [-0.1, -0.05) is 0 Å². The SMILES string of the molecule is [O]=[Re](=[O])=[O]. The molecule has 0 aromatic heterocycles. The van der Waals surface area contributed by atoms with Gasteiger partial charge >= 0.3 is 27.0 Å². The Labute approximate surface area is 27.8 Å². The third kappa shape index (κ3) is 599. The van der Waals surface area contributed by atoms with Crippen molar-refractivity contribution in [1.29, 1.82) is 0 Å². The first-order chi connectivity index (χ1) is 1.73. The van der Waals surface area contributed by atoms with E-state index in [-0.39, 0.29) is 0 Å². The van der Waals surface area contributed by atoms with Crippen LogP contribution in [-0.4, -0.2) is 0 Å². The Morgan fingerprint density at radius 1 is 1.00 bits per heavy atom. The molecule has 0 bridgehead atoms. The number of hydrogen-bond acceptors (Lipinski definition) is 3. The summed E-state index contributed by atoms with van der Waals surface area (Å²) in [7, 11) is 0. The molecule has 0 radical (unpaired) electrons. The molecule has 4 heteroatoms. The van der Waals surface area contributed by atoms with Gasteiger partial charge in [-0.15, -0.1) is 0 Å². The molecular weight excluding hydrogens is 234 g/mol. The molecular formula is O3Re. The van der Waals surface area contributed by atoms with Crippen LogP contribution >= 0.6 is 0 Å². The fourth-order valence-corrected chi connectivity index (χ4v) is 0. The van der Waals surface area contributed by atoms with Crippen molar-refractivity contribution in [3.63, 3.8) is 0 Å². The molecule has 0 heterocycles. The third-order valence-corrected chi connectivity index (χ3v) is 0. The van der Waals surface area contributed by atoms with Gasteiger partial charge in [-0.2, -0.15) is 0 Å². The fraction of sp³-hybridized carbons (Fsp3) is 0. The molecule has 0 aliphatic carbocycles. The molecule has 0 aliphatic rings. The Balaban J connectivity index is 4.65. The van der Waals surface area contributed by atoms with E-state index in [0.29, 0.717) is 0 Å². The topological polar surface area (TPSA) is 51.2 Å². The van der Waals surface area contributed by atoms with Crippen LogP contribution in [0.5, 0.6) is 0 Å². The third-order valence-electron chi connectivity index (χ3n) is 0. The van der Waals surface area contributed by atoms with Crippen molar-refractivity contribution in [3.05, 3.63) is 0 Å². The number of hydrogen-bond donors (Lipinski definition) is 0. The van der Waals surface area contributed by atoms with E-state index in [4.69, 9.17) is 10.4 Å². The standard InChI is InChI=1S/3O.Re. The summed E-state index contributed by atoms with van der Waals surface area (Å²) in [6.45, 7) is 0. The summed E-state index contributed by atoms with van der Waals surface area (Å²) >= 11 is -4.21. The van der Waals surface area contributed by atoms with Crippen molar-refractivity contribution in [2.24, 2.45) is 0 Å². The van der Waals surface area contributed by atoms with Gasteiger partial charge in [0, 0.05) is 0 Å². The molecule has 0 atom stereocenters. The molecule has 0 spiro atoms. The minimum absolute atomic E-state index is 4.21. The minimum atomic E-state index is -4.21. The summed E-state index contributed by atoms with van der Waals surface area (Å²) in [4.78, 5) is 0. The Morgan fingerprint density at radius 2 is 1.00 bits per heavy atom. The van der Waals surface area contributed by atoms with Gasteiger partial charge in [-0.05, 0) is 0 Å². The van der Waals surface area contributed by atoms with Crippen LogP contribution in [0.15, 0.2) is 0 Å². The fourth-order valence-electron chi connectivity index (χ4n) is 0. The van der Waals surface area contributed by atoms with Crippen LogP contribution in [0, 0.1) is 0 Å². The van der Waals surface area contributed by atoms with Gasteiger partial charge in [-0.3, -0.25) is 0 Å².